The molecular formula is C30H26OS. The maximum Gasteiger partial charge on any atom is 0.219 e. The molecule has 0 saturated heterocycles. The molecule has 4 aromatic carbocycles. The van der Waals surface area contributed by atoms with E-state index >= 15 is 0 Å². The maximum absolute atomic E-state index is 13.0. The van der Waals surface area contributed by atoms with Gasteiger partial charge in [-0.1, -0.05) is 109 Å². The zero-order valence-corrected chi connectivity index (χ0v) is 18.9. The molecule has 0 fully saturated rings. The molecule has 1 nitrogen and oxygen atoms in total. The highest BCUT2D eigenvalue weighted by atomic mass is 32.2. The lowest BCUT2D eigenvalue weighted by Gasteiger charge is -2.13. The molecule has 0 heterocycles. The number of thioether (sulfide) groups is 1. The van der Waals surface area contributed by atoms with Gasteiger partial charge in [-0.2, -0.15) is 0 Å². The highest BCUT2D eigenvalue weighted by molar-refractivity contribution is 8.14. The van der Waals surface area contributed by atoms with Crippen molar-refractivity contribution in [1.82, 2.24) is 0 Å². The van der Waals surface area contributed by atoms with Gasteiger partial charge < -0.3 is 0 Å². The summed E-state index contributed by atoms with van der Waals surface area (Å²) < 4.78 is 0. The number of rotatable bonds is 7. The molecule has 0 spiro atoms. The third-order valence-corrected chi connectivity index (χ3v) is 7.28. The molecule has 1 aliphatic rings. The molecule has 0 aliphatic heterocycles. The van der Waals surface area contributed by atoms with Crippen molar-refractivity contribution in [2.24, 2.45) is 0 Å². The van der Waals surface area contributed by atoms with E-state index in [0.717, 1.165) is 30.6 Å². The quantitative estimate of drug-likeness (QED) is 0.299. The molecule has 0 amide bonds. The summed E-state index contributed by atoms with van der Waals surface area (Å²) >= 11 is 1.44. The van der Waals surface area contributed by atoms with Crippen LogP contribution in [0.5, 0.6) is 0 Å². The van der Waals surface area contributed by atoms with Gasteiger partial charge in [0.1, 0.15) is 0 Å². The molecule has 0 saturated carbocycles. The van der Waals surface area contributed by atoms with Gasteiger partial charge in [0.2, 0.25) is 5.12 Å². The third kappa shape index (κ3) is 4.42. The highest BCUT2D eigenvalue weighted by Gasteiger charge is 2.28. The number of fused-ring (bicyclic) bond motifs is 3. The first kappa shape index (κ1) is 20.8. The topological polar surface area (TPSA) is 17.1 Å². The van der Waals surface area contributed by atoms with E-state index in [1.165, 1.54) is 45.1 Å². The average Bonchev–Trinajstić information content (AvgIpc) is 3.17. The van der Waals surface area contributed by atoms with Gasteiger partial charge in [0.05, 0.1) is 0 Å². The Morgan fingerprint density at radius 3 is 1.97 bits per heavy atom. The Labute approximate surface area is 194 Å². The van der Waals surface area contributed by atoms with E-state index in [0.29, 0.717) is 0 Å². The minimum Gasteiger partial charge on any atom is -0.282 e. The predicted molar refractivity (Wildman–Crippen MR) is 135 cm³/mol. The summed E-state index contributed by atoms with van der Waals surface area (Å²) in [5.74, 6) is 1.04. The number of carbonyl (C=O) groups excluding carboxylic acids is 1. The van der Waals surface area contributed by atoms with Crippen LogP contribution < -0.4 is 0 Å². The van der Waals surface area contributed by atoms with Crippen LogP contribution >= 0.6 is 11.8 Å². The summed E-state index contributed by atoms with van der Waals surface area (Å²) in [4.78, 5) is 13.0. The van der Waals surface area contributed by atoms with Crippen LogP contribution in [-0.2, 0) is 12.8 Å². The Balaban J connectivity index is 1.24. The van der Waals surface area contributed by atoms with E-state index in [1.54, 1.807) is 0 Å². The van der Waals surface area contributed by atoms with Gasteiger partial charge in [-0.3, -0.25) is 4.79 Å². The van der Waals surface area contributed by atoms with Gasteiger partial charge in [0.15, 0.2) is 0 Å². The molecule has 5 rings (SSSR count). The van der Waals surface area contributed by atoms with E-state index in [4.69, 9.17) is 0 Å². The van der Waals surface area contributed by atoms with Crippen LogP contribution in [0, 0.1) is 0 Å². The van der Waals surface area contributed by atoms with Crippen molar-refractivity contribution in [2.45, 2.75) is 25.2 Å². The first-order valence-corrected chi connectivity index (χ1v) is 12.3. The fourth-order valence-corrected chi connectivity index (χ4v) is 5.65. The van der Waals surface area contributed by atoms with Crippen molar-refractivity contribution in [2.75, 3.05) is 5.75 Å². The minimum atomic E-state index is 0.164. The molecule has 0 bridgehead atoms. The van der Waals surface area contributed by atoms with Crippen LogP contribution in [-0.4, -0.2) is 10.9 Å². The summed E-state index contributed by atoms with van der Waals surface area (Å²) in [6, 6.07) is 36.0. The van der Waals surface area contributed by atoms with Gasteiger partial charge in [0.25, 0.3) is 0 Å². The molecule has 0 N–H and O–H groups in total. The smallest absolute Gasteiger partial charge is 0.219 e. The first-order valence-electron chi connectivity index (χ1n) is 11.3. The standard InChI is InChI=1S/C30H26OS/c31-30(24-15-9-14-23(20-24)13-8-12-22-10-2-1-3-11-22)32-21-29-27-18-6-4-16-25(27)26-17-5-7-19-28(26)29/h1-7,9-11,14-20,29H,8,12-13,21H2. The molecule has 2 heteroatoms. The molecule has 0 unspecified atom stereocenters. The van der Waals surface area contributed by atoms with E-state index in [2.05, 4.69) is 91.0 Å². The van der Waals surface area contributed by atoms with Gasteiger partial charge in [-0.15, -0.1) is 0 Å². The normalized spacial score (nSPS) is 12.4. The predicted octanol–water partition coefficient (Wildman–Crippen LogP) is 7.55. The largest absolute Gasteiger partial charge is 0.282 e. The fraction of sp³-hybridized carbons (Fsp3) is 0.167. The van der Waals surface area contributed by atoms with Crippen LogP contribution in [0.2, 0.25) is 0 Å². The number of aryl methyl sites for hydroxylation is 2. The molecule has 0 aromatic heterocycles. The summed E-state index contributed by atoms with van der Waals surface area (Å²) in [7, 11) is 0. The average molecular weight is 435 g/mol. The second kappa shape index (κ2) is 9.58. The zero-order valence-electron chi connectivity index (χ0n) is 18.0. The summed E-state index contributed by atoms with van der Waals surface area (Å²) in [6.45, 7) is 0. The van der Waals surface area contributed by atoms with Gasteiger partial charge >= 0.3 is 0 Å². The second-order valence-corrected chi connectivity index (χ2v) is 9.36. The summed E-state index contributed by atoms with van der Waals surface area (Å²) in [5.41, 5.74) is 8.71. The Bertz CT molecular complexity index is 1180. The van der Waals surface area contributed by atoms with Crippen LogP contribution in [0.4, 0.5) is 0 Å². The Kier molecular flexibility index (Phi) is 6.22. The molecule has 0 atom stereocenters. The second-order valence-electron chi connectivity index (χ2n) is 8.37. The molecular weight excluding hydrogens is 408 g/mol. The molecule has 158 valence electrons. The zero-order chi connectivity index (χ0) is 21.8. The number of carbonyl (C=O) groups is 1. The lowest BCUT2D eigenvalue weighted by atomic mass is 9.99. The van der Waals surface area contributed by atoms with Crippen molar-refractivity contribution in [3.8, 4) is 11.1 Å². The van der Waals surface area contributed by atoms with Crippen LogP contribution in [0.1, 0.15) is 45.0 Å². The SMILES string of the molecule is O=C(SCC1c2ccccc2-c2ccccc21)c1cccc(CCCc2ccccc2)c1. The van der Waals surface area contributed by atoms with Crippen molar-refractivity contribution in [1.29, 1.82) is 0 Å². The molecule has 4 aromatic rings. The van der Waals surface area contributed by atoms with E-state index < -0.39 is 0 Å². The lowest BCUT2D eigenvalue weighted by Crippen LogP contribution is -2.04. The van der Waals surface area contributed by atoms with E-state index in [9.17, 15) is 4.79 Å². The van der Waals surface area contributed by atoms with Crippen molar-refractivity contribution in [3.63, 3.8) is 0 Å². The Morgan fingerprint density at radius 2 is 1.25 bits per heavy atom. The third-order valence-electron chi connectivity index (χ3n) is 6.28. The molecule has 0 radical (unpaired) electrons. The van der Waals surface area contributed by atoms with Gasteiger partial charge in [-0.05, 0) is 58.7 Å². The van der Waals surface area contributed by atoms with Crippen LogP contribution in [0.25, 0.3) is 11.1 Å². The molecule has 1 aliphatic carbocycles. The lowest BCUT2D eigenvalue weighted by molar-refractivity contribution is 0.108. The number of hydrogen-bond donors (Lipinski definition) is 0. The van der Waals surface area contributed by atoms with Gasteiger partial charge in [-0.25, -0.2) is 0 Å². The van der Waals surface area contributed by atoms with Gasteiger partial charge in [0, 0.05) is 17.2 Å². The Morgan fingerprint density at radius 1 is 0.656 bits per heavy atom. The van der Waals surface area contributed by atoms with Crippen LogP contribution in [0.15, 0.2) is 103 Å². The summed E-state index contributed by atoms with van der Waals surface area (Å²) in [6.07, 6.45) is 3.14. The van der Waals surface area contributed by atoms with E-state index in [-0.39, 0.29) is 11.0 Å². The maximum atomic E-state index is 13.0. The minimum absolute atomic E-state index is 0.164. The fourth-order valence-electron chi connectivity index (χ4n) is 4.68. The Hall–Kier alpha value is -3.10. The number of benzene rings is 4. The monoisotopic (exact) mass is 434 g/mol. The van der Waals surface area contributed by atoms with Crippen molar-refractivity contribution >= 4 is 16.9 Å². The van der Waals surface area contributed by atoms with E-state index in [1.807, 2.05) is 12.1 Å². The van der Waals surface area contributed by atoms with Crippen molar-refractivity contribution in [3.05, 3.63) is 131 Å². The highest BCUT2D eigenvalue weighted by Crippen LogP contribution is 2.45. The first-order chi connectivity index (χ1) is 15.8. The van der Waals surface area contributed by atoms with Crippen LogP contribution in [0.3, 0.4) is 0 Å². The molecule has 32 heavy (non-hydrogen) atoms. The van der Waals surface area contributed by atoms with Crippen molar-refractivity contribution < 1.29 is 4.79 Å². The summed E-state index contributed by atoms with van der Waals surface area (Å²) in [5, 5.41) is 0.164. The number of hydrogen-bond acceptors (Lipinski definition) is 2.